The molecule has 21 heavy (non-hydrogen) atoms. The lowest BCUT2D eigenvalue weighted by molar-refractivity contribution is 0.348. The van der Waals surface area contributed by atoms with Gasteiger partial charge >= 0.3 is 0 Å². The number of aromatic hydroxyl groups is 1. The second-order valence-electron chi connectivity index (χ2n) is 6.58. The van der Waals surface area contributed by atoms with Crippen LogP contribution < -0.4 is 0 Å². The van der Waals surface area contributed by atoms with Crippen LogP contribution in [0.2, 0.25) is 0 Å². The second kappa shape index (κ2) is 5.93. The molecule has 0 radical (unpaired) electrons. The third-order valence-corrected chi connectivity index (χ3v) is 4.92. The molecule has 2 aromatic carbocycles. The minimum atomic E-state index is 0.323. The number of hydrogen-bond donors (Lipinski definition) is 1. The van der Waals surface area contributed by atoms with E-state index in [9.17, 15) is 5.11 Å². The Bertz CT molecular complexity index is 604. The Morgan fingerprint density at radius 1 is 0.905 bits per heavy atom. The fraction of sp³-hybridized carbons (Fsp3) is 0.400. The summed E-state index contributed by atoms with van der Waals surface area (Å²) in [4.78, 5) is 0. The van der Waals surface area contributed by atoms with Crippen molar-refractivity contribution in [2.45, 2.75) is 45.4 Å². The average molecular weight is 280 g/mol. The molecule has 2 aromatic rings. The van der Waals surface area contributed by atoms with Gasteiger partial charge in [-0.25, -0.2) is 0 Å². The van der Waals surface area contributed by atoms with Gasteiger partial charge in [-0.15, -0.1) is 0 Å². The molecule has 3 rings (SSSR count). The van der Waals surface area contributed by atoms with Crippen molar-refractivity contribution >= 4 is 0 Å². The van der Waals surface area contributed by atoms with Crippen LogP contribution in [0.1, 0.15) is 49.7 Å². The molecule has 0 saturated heterocycles. The third kappa shape index (κ3) is 3.12. The predicted molar refractivity (Wildman–Crippen MR) is 88.7 cm³/mol. The summed E-state index contributed by atoms with van der Waals surface area (Å²) in [7, 11) is 0. The van der Waals surface area contributed by atoms with Crippen LogP contribution in [0.25, 0.3) is 11.1 Å². The van der Waals surface area contributed by atoms with Gasteiger partial charge in [-0.3, -0.25) is 0 Å². The molecule has 1 saturated carbocycles. The summed E-state index contributed by atoms with van der Waals surface area (Å²) in [6.07, 6.45) is 5.39. The van der Waals surface area contributed by atoms with E-state index in [1.165, 1.54) is 47.9 Å². The van der Waals surface area contributed by atoms with Gasteiger partial charge in [0.25, 0.3) is 0 Å². The lowest BCUT2D eigenvalue weighted by Gasteiger charge is -2.27. The van der Waals surface area contributed by atoms with Crippen LogP contribution in [0.3, 0.4) is 0 Å². The zero-order chi connectivity index (χ0) is 14.8. The lowest BCUT2D eigenvalue weighted by Crippen LogP contribution is -2.10. The van der Waals surface area contributed by atoms with Crippen molar-refractivity contribution in [3.63, 3.8) is 0 Å². The lowest BCUT2D eigenvalue weighted by atomic mass is 9.79. The first-order valence-electron chi connectivity index (χ1n) is 8.03. The molecule has 0 heterocycles. The maximum Gasteiger partial charge on any atom is 0.115 e. The van der Waals surface area contributed by atoms with Gasteiger partial charge in [-0.05, 0) is 66.0 Å². The topological polar surface area (TPSA) is 20.2 Å². The minimum Gasteiger partial charge on any atom is -0.508 e. The van der Waals surface area contributed by atoms with Crippen molar-refractivity contribution in [1.82, 2.24) is 0 Å². The van der Waals surface area contributed by atoms with Gasteiger partial charge in [0.2, 0.25) is 0 Å². The normalized spacial score (nSPS) is 22.2. The fourth-order valence-corrected chi connectivity index (χ4v) is 3.50. The van der Waals surface area contributed by atoms with Crippen molar-refractivity contribution in [1.29, 1.82) is 0 Å². The van der Waals surface area contributed by atoms with Crippen molar-refractivity contribution < 1.29 is 5.11 Å². The second-order valence-corrected chi connectivity index (χ2v) is 6.58. The van der Waals surface area contributed by atoms with E-state index in [1.54, 1.807) is 12.1 Å². The molecule has 0 aromatic heterocycles. The highest BCUT2D eigenvalue weighted by molar-refractivity contribution is 5.68. The molecule has 1 aliphatic carbocycles. The van der Waals surface area contributed by atoms with Gasteiger partial charge in [0, 0.05) is 0 Å². The Kier molecular flexibility index (Phi) is 4.01. The Hall–Kier alpha value is -1.76. The molecular formula is C20H24O. The van der Waals surface area contributed by atoms with E-state index in [1.807, 2.05) is 12.1 Å². The third-order valence-electron chi connectivity index (χ3n) is 4.92. The maximum atomic E-state index is 9.41. The van der Waals surface area contributed by atoms with Gasteiger partial charge in [0.15, 0.2) is 0 Å². The summed E-state index contributed by atoms with van der Waals surface area (Å²) in [5.41, 5.74) is 5.27. The Morgan fingerprint density at radius 2 is 1.57 bits per heavy atom. The van der Waals surface area contributed by atoms with Crippen molar-refractivity contribution in [3.8, 4) is 16.9 Å². The Balaban J connectivity index is 1.84. The number of phenolic OH excluding ortho intramolecular Hbond substituents is 1. The minimum absolute atomic E-state index is 0.323. The van der Waals surface area contributed by atoms with Gasteiger partial charge in [0.05, 0.1) is 0 Å². The van der Waals surface area contributed by atoms with Crippen LogP contribution in [-0.2, 0) is 0 Å². The molecule has 0 aliphatic heterocycles. The highest BCUT2D eigenvalue weighted by atomic mass is 16.3. The molecule has 0 unspecified atom stereocenters. The summed E-state index contributed by atoms with van der Waals surface area (Å²) in [5.74, 6) is 1.97. The van der Waals surface area contributed by atoms with Gasteiger partial charge < -0.3 is 5.11 Å². The fourth-order valence-electron chi connectivity index (χ4n) is 3.50. The zero-order valence-corrected chi connectivity index (χ0v) is 13.0. The molecular weight excluding hydrogens is 256 g/mol. The molecule has 1 fully saturated rings. The zero-order valence-electron chi connectivity index (χ0n) is 13.0. The average Bonchev–Trinajstić information content (AvgIpc) is 2.49. The number of aryl methyl sites for hydroxylation is 1. The highest BCUT2D eigenvalue weighted by Gasteiger charge is 2.20. The number of phenols is 1. The quantitative estimate of drug-likeness (QED) is 0.752. The SMILES string of the molecule is Cc1cc(C2CCC(C)CC2)ccc1-c1ccc(O)cc1. The molecule has 1 N–H and O–H groups in total. The summed E-state index contributed by atoms with van der Waals surface area (Å²) in [6, 6.07) is 14.4. The van der Waals surface area contributed by atoms with Crippen LogP contribution >= 0.6 is 0 Å². The number of rotatable bonds is 2. The number of benzene rings is 2. The number of hydrogen-bond acceptors (Lipinski definition) is 1. The first kappa shape index (κ1) is 14.2. The maximum absolute atomic E-state index is 9.41. The van der Waals surface area contributed by atoms with Crippen LogP contribution in [-0.4, -0.2) is 5.11 Å². The van der Waals surface area contributed by atoms with Gasteiger partial charge in [-0.2, -0.15) is 0 Å². The monoisotopic (exact) mass is 280 g/mol. The van der Waals surface area contributed by atoms with Crippen molar-refractivity contribution in [3.05, 3.63) is 53.6 Å². The van der Waals surface area contributed by atoms with Crippen LogP contribution in [0.15, 0.2) is 42.5 Å². The van der Waals surface area contributed by atoms with E-state index in [4.69, 9.17) is 0 Å². The standard InChI is InChI=1S/C20H24O/c1-14-3-5-16(6-4-14)18-9-12-20(15(2)13-18)17-7-10-19(21)11-8-17/h7-14,16,21H,3-6H2,1-2H3. The van der Waals surface area contributed by atoms with Gasteiger partial charge in [0.1, 0.15) is 5.75 Å². The Labute approximate surface area is 127 Å². The van der Waals surface area contributed by atoms with Crippen molar-refractivity contribution in [2.24, 2.45) is 5.92 Å². The van der Waals surface area contributed by atoms with E-state index in [2.05, 4.69) is 32.0 Å². The van der Waals surface area contributed by atoms with Crippen LogP contribution in [0.4, 0.5) is 0 Å². The van der Waals surface area contributed by atoms with E-state index >= 15 is 0 Å². The van der Waals surface area contributed by atoms with E-state index in [0.29, 0.717) is 5.75 Å². The van der Waals surface area contributed by atoms with Gasteiger partial charge in [-0.1, -0.05) is 50.1 Å². The Morgan fingerprint density at radius 3 is 2.19 bits per heavy atom. The molecule has 0 spiro atoms. The summed E-state index contributed by atoms with van der Waals surface area (Å²) in [5, 5.41) is 9.41. The first-order chi connectivity index (χ1) is 10.1. The predicted octanol–water partition coefficient (Wildman–Crippen LogP) is 5.66. The van der Waals surface area contributed by atoms with E-state index < -0.39 is 0 Å². The summed E-state index contributed by atoms with van der Waals surface area (Å²) in [6.45, 7) is 4.56. The smallest absolute Gasteiger partial charge is 0.115 e. The molecule has 1 heteroatoms. The molecule has 0 atom stereocenters. The van der Waals surface area contributed by atoms with Crippen LogP contribution in [0, 0.1) is 12.8 Å². The first-order valence-corrected chi connectivity index (χ1v) is 8.03. The van der Waals surface area contributed by atoms with E-state index in [-0.39, 0.29) is 0 Å². The molecule has 0 amide bonds. The van der Waals surface area contributed by atoms with E-state index in [0.717, 1.165) is 11.8 Å². The molecule has 1 nitrogen and oxygen atoms in total. The summed E-state index contributed by atoms with van der Waals surface area (Å²) >= 11 is 0. The molecule has 1 aliphatic rings. The van der Waals surface area contributed by atoms with Crippen LogP contribution in [0.5, 0.6) is 5.75 Å². The largest absolute Gasteiger partial charge is 0.508 e. The van der Waals surface area contributed by atoms with Crippen molar-refractivity contribution in [2.75, 3.05) is 0 Å². The highest BCUT2D eigenvalue weighted by Crippen LogP contribution is 2.37. The molecule has 110 valence electrons. The summed E-state index contributed by atoms with van der Waals surface area (Å²) < 4.78 is 0. The molecule has 0 bridgehead atoms.